The van der Waals surface area contributed by atoms with Gasteiger partial charge in [0.1, 0.15) is 5.54 Å². The predicted molar refractivity (Wildman–Crippen MR) is 81.6 cm³/mol. The Morgan fingerprint density at radius 2 is 1.65 bits per heavy atom. The molecule has 20 heavy (non-hydrogen) atoms. The van der Waals surface area contributed by atoms with Crippen molar-refractivity contribution in [2.75, 3.05) is 0 Å². The molecule has 0 aliphatic carbocycles. The summed E-state index contributed by atoms with van der Waals surface area (Å²) in [7, 11) is 0. The smallest absolute Gasteiger partial charge is 0.328 e. The summed E-state index contributed by atoms with van der Waals surface area (Å²) in [6.45, 7) is 5.18. The third-order valence-corrected chi connectivity index (χ3v) is 3.15. The molecule has 1 amide bonds. The Morgan fingerprint density at radius 1 is 1.05 bits per heavy atom. The van der Waals surface area contributed by atoms with Crippen LogP contribution in [0, 0.1) is 0 Å². The van der Waals surface area contributed by atoms with Crippen molar-refractivity contribution >= 4 is 11.9 Å². The number of carbonyl (C=O) groups is 2. The van der Waals surface area contributed by atoms with Crippen LogP contribution in [0.5, 0.6) is 0 Å². The van der Waals surface area contributed by atoms with E-state index >= 15 is 0 Å². The lowest BCUT2D eigenvalue weighted by Crippen LogP contribution is -2.49. The van der Waals surface area contributed by atoms with Crippen molar-refractivity contribution in [1.29, 1.82) is 0 Å². The first-order valence-electron chi connectivity index (χ1n) is 7.59. The Labute approximate surface area is 122 Å². The summed E-state index contributed by atoms with van der Waals surface area (Å²) in [5.74, 6) is -1.22. The van der Waals surface area contributed by atoms with Crippen LogP contribution in [-0.4, -0.2) is 22.5 Å². The largest absolute Gasteiger partial charge is 0.480 e. The van der Waals surface area contributed by atoms with Gasteiger partial charge >= 0.3 is 5.97 Å². The highest BCUT2D eigenvalue weighted by atomic mass is 16.4. The van der Waals surface area contributed by atoms with Gasteiger partial charge in [0.15, 0.2) is 0 Å². The molecule has 2 N–H and O–H groups in total. The first kappa shape index (κ1) is 18.7. The molecule has 0 saturated heterocycles. The fourth-order valence-corrected chi connectivity index (χ4v) is 1.77. The molecule has 0 aromatic rings. The highest BCUT2D eigenvalue weighted by Crippen LogP contribution is 2.06. The average Bonchev–Trinajstić information content (AvgIpc) is 2.36. The fraction of sp³-hybridized carbons (Fsp3) is 0.750. The van der Waals surface area contributed by atoms with Crippen molar-refractivity contribution < 1.29 is 14.7 Å². The van der Waals surface area contributed by atoms with E-state index < -0.39 is 11.5 Å². The van der Waals surface area contributed by atoms with Crippen molar-refractivity contribution in [3.05, 3.63) is 12.2 Å². The van der Waals surface area contributed by atoms with Crippen molar-refractivity contribution in [3.8, 4) is 0 Å². The molecule has 0 atom stereocenters. The molecule has 0 bridgehead atoms. The molecular formula is C16H29NO3. The SMILES string of the molecule is CCCCCCC=CCCCC(=O)NC(C)(C)C(=O)O. The summed E-state index contributed by atoms with van der Waals surface area (Å²) >= 11 is 0. The normalized spacial score (nSPS) is 11.8. The maximum absolute atomic E-state index is 11.6. The predicted octanol–water partition coefficient (Wildman–Crippen LogP) is 3.66. The van der Waals surface area contributed by atoms with Crippen LogP contribution in [0.4, 0.5) is 0 Å². The summed E-state index contributed by atoms with van der Waals surface area (Å²) in [4.78, 5) is 22.4. The van der Waals surface area contributed by atoms with Gasteiger partial charge in [-0.3, -0.25) is 4.79 Å². The van der Waals surface area contributed by atoms with E-state index in [1.54, 1.807) is 0 Å². The number of nitrogens with one attached hydrogen (secondary N) is 1. The van der Waals surface area contributed by atoms with Gasteiger partial charge in [-0.1, -0.05) is 38.3 Å². The van der Waals surface area contributed by atoms with Gasteiger partial charge in [0, 0.05) is 6.42 Å². The Hall–Kier alpha value is -1.32. The number of carboxylic acid groups (broad SMARTS) is 1. The maximum Gasteiger partial charge on any atom is 0.328 e. The monoisotopic (exact) mass is 283 g/mol. The van der Waals surface area contributed by atoms with E-state index in [1.807, 2.05) is 0 Å². The summed E-state index contributed by atoms with van der Waals surface area (Å²) in [6, 6.07) is 0. The minimum absolute atomic E-state index is 0.200. The van der Waals surface area contributed by atoms with Gasteiger partial charge in [-0.2, -0.15) is 0 Å². The van der Waals surface area contributed by atoms with Crippen LogP contribution < -0.4 is 5.32 Å². The molecule has 116 valence electrons. The molecule has 0 unspecified atom stereocenters. The summed E-state index contributed by atoms with van der Waals surface area (Å²) < 4.78 is 0. The highest BCUT2D eigenvalue weighted by Gasteiger charge is 2.28. The standard InChI is InChI=1S/C16H29NO3/c1-4-5-6-7-8-9-10-11-12-13-14(18)17-16(2,3)15(19)20/h9-10H,4-8,11-13H2,1-3H3,(H,17,18)(H,19,20). The van der Waals surface area contributed by atoms with Crippen molar-refractivity contribution in [1.82, 2.24) is 5.32 Å². The number of hydrogen-bond donors (Lipinski definition) is 2. The topological polar surface area (TPSA) is 66.4 Å². The number of unbranched alkanes of at least 4 members (excludes halogenated alkanes) is 5. The first-order valence-corrected chi connectivity index (χ1v) is 7.59. The molecule has 0 rings (SSSR count). The minimum Gasteiger partial charge on any atom is -0.480 e. The minimum atomic E-state index is -1.19. The Morgan fingerprint density at radius 3 is 2.20 bits per heavy atom. The second kappa shape index (κ2) is 10.5. The van der Waals surface area contributed by atoms with Crippen molar-refractivity contribution in [2.24, 2.45) is 0 Å². The lowest BCUT2D eigenvalue weighted by Gasteiger charge is -2.20. The van der Waals surface area contributed by atoms with Crippen LogP contribution >= 0.6 is 0 Å². The first-order chi connectivity index (χ1) is 9.40. The molecule has 4 heteroatoms. The van der Waals surface area contributed by atoms with Gasteiger partial charge in [0.05, 0.1) is 0 Å². The number of hydrogen-bond acceptors (Lipinski definition) is 2. The molecule has 0 aliphatic rings. The molecule has 0 saturated carbocycles. The lowest BCUT2D eigenvalue weighted by molar-refractivity contribution is -0.146. The summed E-state index contributed by atoms with van der Waals surface area (Å²) in [5, 5.41) is 11.4. The molecule has 0 fully saturated rings. The molecule has 0 aromatic carbocycles. The zero-order valence-electron chi connectivity index (χ0n) is 13.1. The molecular weight excluding hydrogens is 254 g/mol. The number of amides is 1. The van der Waals surface area contributed by atoms with Crippen LogP contribution in [-0.2, 0) is 9.59 Å². The fourth-order valence-electron chi connectivity index (χ4n) is 1.77. The second-order valence-electron chi connectivity index (χ2n) is 5.69. The summed E-state index contributed by atoms with van der Waals surface area (Å²) in [6.07, 6.45) is 12.5. The third-order valence-electron chi connectivity index (χ3n) is 3.15. The van der Waals surface area contributed by atoms with Crippen LogP contribution in [0.2, 0.25) is 0 Å². The van der Waals surface area contributed by atoms with Gasteiger partial charge in [-0.25, -0.2) is 4.79 Å². The zero-order chi connectivity index (χ0) is 15.4. The molecule has 0 aromatic heterocycles. The molecule has 0 radical (unpaired) electrons. The van der Waals surface area contributed by atoms with E-state index in [1.165, 1.54) is 39.5 Å². The zero-order valence-corrected chi connectivity index (χ0v) is 13.1. The van der Waals surface area contributed by atoms with E-state index in [4.69, 9.17) is 5.11 Å². The van der Waals surface area contributed by atoms with Crippen LogP contribution in [0.1, 0.15) is 72.1 Å². The number of allylic oxidation sites excluding steroid dienone is 2. The van der Waals surface area contributed by atoms with Gasteiger partial charge < -0.3 is 10.4 Å². The van der Waals surface area contributed by atoms with E-state index in [9.17, 15) is 9.59 Å². The quantitative estimate of drug-likeness (QED) is 0.449. The number of carboxylic acids is 1. The molecule has 0 aliphatic heterocycles. The number of carbonyl (C=O) groups excluding carboxylic acids is 1. The lowest BCUT2D eigenvalue weighted by atomic mass is 10.1. The Bertz CT molecular complexity index is 322. The van der Waals surface area contributed by atoms with Crippen LogP contribution in [0.3, 0.4) is 0 Å². The van der Waals surface area contributed by atoms with Crippen molar-refractivity contribution in [3.63, 3.8) is 0 Å². The Balaban J connectivity index is 3.62. The maximum atomic E-state index is 11.6. The number of rotatable bonds is 11. The molecule has 0 spiro atoms. The van der Waals surface area contributed by atoms with Gasteiger partial charge in [-0.15, -0.1) is 0 Å². The second-order valence-corrected chi connectivity index (χ2v) is 5.69. The van der Waals surface area contributed by atoms with Gasteiger partial charge in [-0.05, 0) is 39.5 Å². The molecule has 4 nitrogen and oxygen atoms in total. The molecule has 0 heterocycles. The van der Waals surface area contributed by atoms with Crippen LogP contribution in [0.15, 0.2) is 12.2 Å². The average molecular weight is 283 g/mol. The van der Waals surface area contributed by atoms with Gasteiger partial charge in [0.2, 0.25) is 5.91 Å². The van der Waals surface area contributed by atoms with E-state index in [-0.39, 0.29) is 5.91 Å². The highest BCUT2D eigenvalue weighted by molar-refractivity contribution is 5.86. The van der Waals surface area contributed by atoms with E-state index in [0.717, 1.165) is 19.3 Å². The van der Waals surface area contributed by atoms with E-state index in [2.05, 4.69) is 24.4 Å². The number of aliphatic carboxylic acids is 1. The third kappa shape index (κ3) is 9.59. The van der Waals surface area contributed by atoms with Crippen molar-refractivity contribution in [2.45, 2.75) is 77.7 Å². The van der Waals surface area contributed by atoms with Gasteiger partial charge in [0.25, 0.3) is 0 Å². The van der Waals surface area contributed by atoms with Crippen LogP contribution in [0.25, 0.3) is 0 Å². The van der Waals surface area contributed by atoms with E-state index in [0.29, 0.717) is 6.42 Å². The Kier molecular flexibility index (Phi) is 9.77. The summed E-state index contributed by atoms with van der Waals surface area (Å²) in [5.41, 5.74) is -1.19.